The molecule has 9 heteroatoms. The molecular weight excluding hydrogens is 506 g/mol. The minimum absolute atomic E-state index is 0.110. The van der Waals surface area contributed by atoms with E-state index < -0.39 is 0 Å². The van der Waals surface area contributed by atoms with Gasteiger partial charge in [-0.3, -0.25) is 14.7 Å². The molecule has 0 aliphatic carbocycles. The first-order valence-corrected chi connectivity index (χ1v) is 13.2. The van der Waals surface area contributed by atoms with Gasteiger partial charge in [0, 0.05) is 36.1 Å². The maximum atomic E-state index is 13.3. The molecule has 2 aromatic rings. The Morgan fingerprint density at radius 2 is 1.91 bits per heavy atom. The topological polar surface area (TPSA) is 106 Å². The summed E-state index contributed by atoms with van der Waals surface area (Å²) in [5, 5.41) is 0. The van der Waals surface area contributed by atoms with Gasteiger partial charge in [0.25, 0.3) is 0 Å². The molecule has 1 aromatic carbocycles. The minimum Gasteiger partial charge on any atom is -0.405 e. The van der Waals surface area contributed by atoms with E-state index in [-0.39, 0.29) is 5.92 Å². The van der Waals surface area contributed by atoms with Crippen LogP contribution in [0.1, 0.15) is 44.5 Å². The number of imidazole rings is 1. The number of likely N-dealkylation sites (tertiary alicyclic amines) is 2. The lowest BCUT2D eigenvalue weighted by atomic mass is 9.93. The summed E-state index contributed by atoms with van der Waals surface area (Å²) in [7, 11) is 0. The predicted molar refractivity (Wildman–Crippen MR) is 145 cm³/mol. The SMILES string of the molecule is CC=NCc1nc2cc(Br)ccc2n1C1CCN(C(=O)C2CCN(CC(=CN)/C=C\N)CC2)CC1. The van der Waals surface area contributed by atoms with Gasteiger partial charge in [0.15, 0.2) is 0 Å². The van der Waals surface area contributed by atoms with Gasteiger partial charge in [0.05, 0.1) is 17.6 Å². The number of halogens is 1. The Bertz CT molecular complexity index is 1110. The third-order valence-corrected chi connectivity index (χ3v) is 7.64. The number of amides is 1. The third kappa shape index (κ3) is 5.95. The normalized spacial score (nSPS) is 19.5. The molecule has 0 bridgehead atoms. The van der Waals surface area contributed by atoms with Gasteiger partial charge in [-0.2, -0.15) is 0 Å². The molecule has 2 fully saturated rings. The monoisotopic (exact) mass is 541 g/mol. The quantitative estimate of drug-likeness (QED) is 0.411. The summed E-state index contributed by atoms with van der Waals surface area (Å²) in [4.78, 5) is 27.0. The number of rotatable bonds is 7. The molecule has 1 aromatic heterocycles. The summed E-state index contributed by atoms with van der Waals surface area (Å²) in [6.45, 7) is 6.67. The number of hydrogen-bond donors (Lipinski definition) is 2. The number of carbonyl (C=O) groups is 1. The molecule has 0 atom stereocenters. The second kappa shape index (κ2) is 11.9. The first-order chi connectivity index (χ1) is 17.0. The van der Waals surface area contributed by atoms with Gasteiger partial charge >= 0.3 is 0 Å². The van der Waals surface area contributed by atoms with Crippen molar-refractivity contribution in [3.8, 4) is 0 Å². The van der Waals surface area contributed by atoms with Crippen molar-refractivity contribution >= 4 is 39.1 Å². The van der Waals surface area contributed by atoms with E-state index in [9.17, 15) is 4.79 Å². The molecule has 4 N–H and O–H groups in total. The Morgan fingerprint density at radius 1 is 1.17 bits per heavy atom. The van der Waals surface area contributed by atoms with Crippen molar-refractivity contribution < 1.29 is 4.79 Å². The molecule has 2 saturated heterocycles. The number of nitrogens with two attached hydrogens (primary N) is 2. The lowest BCUT2D eigenvalue weighted by molar-refractivity contribution is -0.138. The summed E-state index contributed by atoms with van der Waals surface area (Å²) >= 11 is 3.56. The van der Waals surface area contributed by atoms with Crippen molar-refractivity contribution in [3.05, 3.63) is 52.5 Å². The van der Waals surface area contributed by atoms with Gasteiger partial charge in [0.2, 0.25) is 5.91 Å². The zero-order valence-corrected chi connectivity index (χ0v) is 22.0. The Labute approximate surface area is 215 Å². The summed E-state index contributed by atoms with van der Waals surface area (Å²) in [5.41, 5.74) is 14.3. The molecule has 35 heavy (non-hydrogen) atoms. The molecule has 1 amide bonds. The average molecular weight is 543 g/mol. The highest BCUT2D eigenvalue weighted by molar-refractivity contribution is 9.10. The van der Waals surface area contributed by atoms with E-state index in [0.717, 1.165) is 85.3 Å². The molecule has 2 aliphatic heterocycles. The van der Waals surface area contributed by atoms with Crippen LogP contribution in [-0.4, -0.2) is 64.2 Å². The van der Waals surface area contributed by atoms with Crippen molar-refractivity contribution in [3.63, 3.8) is 0 Å². The molecule has 2 aliphatic rings. The van der Waals surface area contributed by atoms with Crippen LogP contribution in [-0.2, 0) is 11.3 Å². The van der Waals surface area contributed by atoms with Crippen LogP contribution in [0.5, 0.6) is 0 Å². The molecule has 0 spiro atoms. The third-order valence-electron chi connectivity index (χ3n) is 7.15. The number of hydrogen-bond acceptors (Lipinski definition) is 6. The standard InChI is InChI=1S/C26H36BrN7O/c1-2-30-17-25-31-23-15-21(27)3-4-24(23)34(25)22-8-13-33(14-9-22)26(35)20-6-11-32(12-7-20)18-19(16-29)5-10-28/h2-5,10,15-16,20,22H,6-9,11-14,17-18,28-29H2,1H3/b10-5-,19-16?,30-2?. The molecule has 3 heterocycles. The van der Waals surface area contributed by atoms with E-state index in [4.69, 9.17) is 16.5 Å². The van der Waals surface area contributed by atoms with Crippen LogP contribution < -0.4 is 11.5 Å². The first kappa shape index (κ1) is 25.4. The van der Waals surface area contributed by atoms with E-state index in [1.807, 2.05) is 19.2 Å². The van der Waals surface area contributed by atoms with Gasteiger partial charge in [0.1, 0.15) is 5.82 Å². The zero-order chi connectivity index (χ0) is 24.8. The van der Waals surface area contributed by atoms with Crippen molar-refractivity contribution in [2.45, 2.75) is 45.2 Å². The van der Waals surface area contributed by atoms with E-state index in [1.54, 1.807) is 6.20 Å². The van der Waals surface area contributed by atoms with Crippen molar-refractivity contribution in [2.75, 3.05) is 32.7 Å². The minimum atomic E-state index is 0.110. The highest BCUT2D eigenvalue weighted by atomic mass is 79.9. The fourth-order valence-corrected chi connectivity index (χ4v) is 5.65. The van der Waals surface area contributed by atoms with E-state index in [0.29, 0.717) is 18.5 Å². The number of aliphatic imine (C=N–C) groups is 1. The largest absolute Gasteiger partial charge is 0.405 e. The molecule has 4 rings (SSSR count). The van der Waals surface area contributed by atoms with E-state index >= 15 is 0 Å². The number of fused-ring (bicyclic) bond motifs is 1. The molecule has 188 valence electrons. The van der Waals surface area contributed by atoms with Crippen LogP contribution in [0, 0.1) is 5.92 Å². The molecular formula is C26H36BrN7O. The summed E-state index contributed by atoms with van der Waals surface area (Å²) in [6.07, 6.45) is 10.4. The van der Waals surface area contributed by atoms with Crippen molar-refractivity contribution in [1.29, 1.82) is 0 Å². The number of nitrogens with zero attached hydrogens (tertiary/aromatic N) is 5. The average Bonchev–Trinajstić information content (AvgIpc) is 3.24. The lowest BCUT2D eigenvalue weighted by Gasteiger charge is -2.38. The van der Waals surface area contributed by atoms with Crippen molar-refractivity contribution in [1.82, 2.24) is 19.4 Å². The van der Waals surface area contributed by atoms with Crippen LogP contribution in [0.3, 0.4) is 0 Å². The molecule has 8 nitrogen and oxygen atoms in total. The van der Waals surface area contributed by atoms with Crippen LogP contribution >= 0.6 is 15.9 Å². The zero-order valence-electron chi connectivity index (χ0n) is 20.4. The van der Waals surface area contributed by atoms with Crippen LogP contribution in [0.15, 0.2) is 51.7 Å². The fraction of sp³-hybridized carbons (Fsp3) is 0.500. The number of carbonyl (C=O) groups excluding carboxylic acids is 1. The predicted octanol–water partition coefficient (Wildman–Crippen LogP) is 3.58. The van der Waals surface area contributed by atoms with Crippen LogP contribution in [0.25, 0.3) is 11.0 Å². The Balaban J connectivity index is 1.36. The number of aromatic nitrogens is 2. The Hall–Kier alpha value is -2.65. The van der Waals surface area contributed by atoms with Gasteiger partial charge in [-0.1, -0.05) is 15.9 Å². The van der Waals surface area contributed by atoms with E-state index in [1.165, 1.54) is 6.20 Å². The molecule has 0 saturated carbocycles. The molecule has 0 radical (unpaired) electrons. The summed E-state index contributed by atoms with van der Waals surface area (Å²) in [6, 6.07) is 6.59. The maximum absolute atomic E-state index is 13.3. The fourth-order valence-electron chi connectivity index (χ4n) is 5.30. The van der Waals surface area contributed by atoms with Gasteiger partial charge in [-0.15, -0.1) is 0 Å². The second-order valence-corrected chi connectivity index (χ2v) is 10.3. The summed E-state index contributed by atoms with van der Waals surface area (Å²) < 4.78 is 3.38. The molecule has 0 unspecified atom stereocenters. The van der Waals surface area contributed by atoms with Crippen LogP contribution in [0.2, 0.25) is 0 Å². The second-order valence-electron chi connectivity index (χ2n) is 9.34. The van der Waals surface area contributed by atoms with Gasteiger partial charge < -0.3 is 20.9 Å². The number of benzene rings is 1. The Kier molecular flexibility index (Phi) is 8.62. The first-order valence-electron chi connectivity index (χ1n) is 12.4. The lowest BCUT2D eigenvalue weighted by Crippen LogP contribution is -2.46. The highest BCUT2D eigenvalue weighted by Gasteiger charge is 2.32. The summed E-state index contributed by atoms with van der Waals surface area (Å²) in [5.74, 6) is 1.41. The maximum Gasteiger partial charge on any atom is 0.225 e. The van der Waals surface area contributed by atoms with Gasteiger partial charge in [-0.25, -0.2) is 4.98 Å². The van der Waals surface area contributed by atoms with Gasteiger partial charge in [-0.05, 0) is 94.2 Å². The number of piperidine rings is 2. The smallest absolute Gasteiger partial charge is 0.225 e. The highest BCUT2D eigenvalue weighted by Crippen LogP contribution is 2.32. The van der Waals surface area contributed by atoms with Crippen LogP contribution in [0.4, 0.5) is 0 Å². The Morgan fingerprint density at radius 3 is 2.57 bits per heavy atom. The van der Waals surface area contributed by atoms with Crippen molar-refractivity contribution in [2.24, 2.45) is 22.4 Å². The van der Waals surface area contributed by atoms with E-state index in [2.05, 4.69) is 53.5 Å².